The summed E-state index contributed by atoms with van der Waals surface area (Å²) in [6, 6.07) is 10.3. The molecular formula is C21H22ClF2N3O2. The topological polar surface area (TPSA) is 53.9 Å². The van der Waals surface area contributed by atoms with Crippen LogP contribution in [0.2, 0.25) is 5.02 Å². The molecule has 29 heavy (non-hydrogen) atoms. The number of urea groups is 1. The fraction of sp³-hybridized carbons (Fsp3) is 0.333. The minimum Gasteiger partial charge on any atom is -0.390 e. The Morgan fingerprint density at radius 2 is 2.10 bits per heavy atom. The van der Waals surface area contributed by atoms with Crippen molar-refractivity contribution in [3.05, 3.63) is 70.2 Å². The molecule has 1 heterocycles. The molecule has 1 N–H and O–H groups in total. The molecule has 2 amide bonds. The molecule has 8 heteroatoms. The standard InChI is InChI=1S/C21H22ClF2N3O2/c1-13(2)25-21(28)27(11-14-4-3-5-15(22)8-14)12-17-10-20(26-29-17)18-7-6-16(23)9-19(18)24/h3-9,13,17H,10-12H2,1-2H3,(H,25,28)/t17-/m0/s1. The number of rotatable bonds is 6. The van der Waals surface area contributed by atoms with Gasteiger partial charge >= 0.3 is 6.03 Å². The molecule has 2 aromatic rings. The van der Waals surface area contributed by atoms with Crippen LogP contribution < -0.4 is 5.32 Å². The summed E-state index contributed by atoms with van der Waals surface area (Å²) in [6.07, 6.45) is -0.129. The third kappa shape index (κ3) is 5.67. The SMILES string of the molecule is CC(C)NC(=O)N(Cc1cccc(Cl)c1)C[C@@H]1CC(c2ccc(F)cc2F)=NO1. The Kier molecular flexibility index (Phi) is 6.69. The maximum Gasteiger partial charge on any atom is 0.318 e. The first kappa shape index (κ1) is 21.0. The third-order valence-corrected chi connectivity index (χ3v) is 4.60. The van der Waals surface area contributed by atoms with Crippen LogP contribution >= 0.6 is 11.6 Å². The van der Waals surface area contributed by atoms with Gasteiger partial charge in [0.1, 0.15) is 11.6 Å². The van der Waals surface area contributed by atoms with Gasteiger partial charge in [0.2, 0.25) is 0 Å². The molecule has 3 rings (SSSR count). The maximum absolute atomic E-state index is 14.0. The number of nitrogens with zero attached hydrogens (tertiary/aromatic N) is 2. The van der Waals surface area contributed by atoms with E-state index in [-0.39, 0.29) is 24.2 Å². The number of amides is 2. The van der Waals surface area contributed by atoms with Crippen LogP contribution in [0.1, 0.15) is 31.4 Å². The van der Waals surface area contributed by atoms with Crippen LogP contribution in [0.15, 0.2) is 47.6 Å². The Labute approximate surface area is 173 Å². The van der Waals surface area contributed by atoms with Crippen LogP contribution in [0, 0.1) is 11.6 Å². The van der Waals surface area contributed by atoms with Crippen LogP contribution in [0.4, 0.5) is 13.6 Å². The summed E-state index contributed by atoms with van der Waals surface area (Å²) in [5, 5.41) is 7.40. The van der Waals surface area contributed by atoms with E-state index in [1.54, 1.807) is 17.0 Å². The van der Waals surface area contributed by atoms with E-state index in [0.29, 0.717) is 23.7 Å². The Balaban J connectivity index is 1.70. The molecule has 2 aromatic carbocycles. The Morgan fingerprint density at radius 3 is 2.79 bits per heavy atom. The maximum atomic E-state index is 14.0. The highest BCUT2D eigenvalue weighted by Crippen LogP contribution is 2.21. The normalized spacial score (nSPS) is 15.8. The summed E-state index contributed by atoms with van der Waals surface area (Å²) in [6.45, 7) is 4.33. The van der Waals surface area contributed by atoms with Gasteiger partial charge in [0, 0.05) is 35.7 Å². The van der Waals surface area contributed by atoms with E-state index in [1.165, 1.54) is 12.1 Å². The predicted molar refractivity (Wildman–Crippen MR) is 108 cm³/mol. The minimum absolute atomic E-state index is 0.0334. The first-order valence-electron chi connectivity index (χ1n) is 9.30. The molecule has 154 valence electrons. The van der Waals surface area contributed by atoms with Gasteiger partial charge in [-0.05, 0) is 43.7 Å². The smallest absolute Gasteiger partial charge is 0.318 e. The lowest BCUT2D eigenvalue weighted by Gasteiger charge is -2.26. The highest BCUT2D eigenvalue weighted by Gasteiger charge is 2.28. The summed E-state index contributed by atoms with van der Waals surface area (Å²) < 4.78 is 27.2. The van der Waals surface area contributed by atoms with Crippen LogP contribution in [-0.2, 0) is 11.4 Å². The molecule has 1 aliphatic rings. The van der Waals surface area contributed by atoms with Gasteiger partial charge in [-0.15, -0.1) is 0 Å². The van der Waals surface area contributed by atoms with Crippen molar-refractivity contribution < 1.29 is 18.4 Å². The Hall–Kier alpha value is -2.67. The summed E-state index contributed by atoms with van der Waals surface area (Å²) in [7, 11) is 0. The van der Waals surface area contributed by atoms with Crippen molar-refractivity contribution in [1.82, 2.24) is 10.2 Å². The van der Waals surface area contributed by atoms with Crippen molar-refractivity contribution in [2.45, 2.75) is 39.0 Å². The van der Waals surface area contributed by atoms with E-state index in [4.69, 9.17) is 16.4 Å². The fourth-order valence-corrected chi connectivity index (χ4v) is 3.28. The van der Waals surface area contributed by atoms with Crippen LogP contribution in [0.3, 0.4) is 0 Å². The number of carbonyl (C=O) groups excluding carboxylic acids is 1. The summed E-state index contributed by atoms with van der Waals surface area (Å²) in [4.78, 5) is 19.7. The van der Waals surface area contributed by atoms with Crippen molar-refractivity contribution in [2.24, 2.45) is 5.16 Å². The quantitative estimate of drug-likeness (QED) is 0.733. The molecule has 1 atom stereocenters. The largest absolute Gasteiger partial charge is 0.390 e. The van der Waals surface area contributed by atoms with E-state index in [1.807, 2.05) is 26.0 Å². The van der Waals surface area contributed by atoms with E-state index in [9.17, 15) is 13.6 Å². The number of carbonyl (C=O) groups is 1. The van der Waals surface area contributed by atoms with Crippen LogP contribution in [0.25, 0.3) is 0 Å². The van der Waals surface area contributed by atoms with Gasteiger partial charge in [0.15, 0.2) is 6.10 Å². The van der Waals surface area contributed by atoms with E-state index < -0.39 is 17.7 Å². The van der Waals surface area contributed by atoms with Gasteiger partial charge in [-0.3, -0.25) is 0 Å². The highest BCUT2D eigenvalue weighted by atomic mass is 35.5. The second-order valence-electron chi connectivity index (χ2n) is 7.21. The lowest BCUT2D eigenvalue weighted by Crippen LogP contribution is -2.45. The molecule has 0 unspecified atom stereocenters. The van der Waals surface area contributed by atoms with Gasteiger partial charge in [0.05, 0.1) is 12.3 Å². The van der Waals surface area contributed by atoms with Crippen molar-refractivity contribution in [3.8, 4) is 0 Å². The van der Waals surface area contributed by atoms with E-state index in [2.05, 4.69) is 10.5 Å². The lowest BCUT2D eigenvalue weighted by atomic mass is 10.0. The van der Waals surface area contributed by atoms with Gasteiger partial charge in [-0.25, -0.2) is 13.6 Å². The molecule has 0 radical (unpaired) electrons. The summed E-state index contributed by atoms with van der Waals surface area (Å²) in [5.41, 5.74) is 1.46. The summed E-state index contributed by atoms with van der Waals surface area (Å²) in [5.74, 6) is -1.35. The molecule has 0 saturated carbocycles. The van der Waals surface area contributed by atoms with Gasteiger partial charge in [0.25, 0.3) is 0 Å². The predicted octanol–water partition coefficient (Wildman–Crippen LogP) is 4.73. The molecule has 0 saturated heterocycles. The average molecular weight is 422 g/mol. The monoisotopic (exact) mass is 421 g/mol. The minimum atomic E-state index is -0.693. The molecule has 0 fully saturated rings. The van der Waals surface area contributed by atoms with Crippen molar-refractivity contribution in [3.63, 3.8) is 0 Å². The Bertz CT molecular complexity index is 921. The molecular weight excluding hydrogens is 400 g/mol. The van der Waals surface area contributed by atoms with Crippen molar-refractivity contribution >= 4 is 23.3 Å². The number of benzene rings is 2. The van der Waals surface area contributed by atoms with Crippen molar-refractivity contribution in [2.75, 3.05) is 6.54 Å². The summed E-state index contributed by atoms with van der Waals surface area (Å²) >= 11 is 6.05. The molecule has 0 aromatic heterocycles. The number of halogens is 3. The molecule has 0 spiro atoms. The Morgan fingerprint density at radius 1 is 1.31 bits per heavy atom. The first-order chi connectivity index (χ1) is 13.8. The fourth-order valence-electron chi connectivity index (χ4n) is 3.07. The number of hydrogen-bond donors (Lipinski definition) is 1. The lowest BCUT2D eigenvalue weighted by molar-refractivity contribution is 0.0586. The average Bonchev–Trinajstić information content (AvgIpc) is 3.09. The number of nitrogens with one attached hydrogen (secondary N) is 1. The first-order valence-corrected chi connectivity index (χ1v) is 9.67. The van der Waals surface area contributed by atoms with Gasteiger partial charge in [-0.1, -0.05) is 28.9 Å². The van der Waals surface area contributed by atoms with Crippen LogP contribution in [-0.4, -0.2) is 35.3 Å². The zero-order valence-corrected chi connectivity index (χ0v) is 16.9. The zero-order chi connectivity index (χ0) is 21.0. The molecule has 0 bridgehead atoms. The molecule has 1 aliphatic heterocycles. The van der Waals surface area contributed by atoms with Gasteiger partial charge in [-0.2, -0.15) is 0 Å². The van der Waals surface area contributed by atoms with Crippen molar-refractivity contribution in [1.29, 1.82) is 0 Å². The zero-order valence-electron chi connectivity index (χ0n) is 16.2. The van der Waals surface area contributed by atoms with E-state index in [0.717, 1.165) is 11.6 Å². The number of oxime groups is 1. The van der Waals surface area contributed by atoms with Gasteiger partial charge < -0.3 is 15.1 Å². The highest BCUT2D eigenvalue weighted by molar-refractivity contribution is 6.30. The second-order valence-corrected chi connectivity index (χ2v) is 7.64. The van der Waals surface area contributed by atoms with E-state index >= 15 is 0 Å². The second kappa shape index (κ2) is 9.22. The molecule has 0 aliphatic carbocycles. The van der Waals surface area contributed by atoms with Crippen LogP contribution in [0.5, 0.6) is 0 Å². The molecule has 5 nitrogen and oxygen atoms in total. The number of hydrogen-bond acceptors (Lipinski definition) is 3. The third-order valence-electron chi connectivity index (χ3n) is 4.36.